The average molecular weight is 1510 g/mol. The maximum atomic E-state index is 13.1. The number of carbonyl (C=O) groups excluding carboxylic acids is 4. The summed E-state index contributed by atoms with van der Waals surface area (Å²) in [6.07, 6.45) is 67.0. The molecule has 0 radical (unpaired) electrons. The third-order valence-corrected chi connectivity index (χ3v) is 21.6. The van der Waals surface area contributed by atoms with E-state index >= 15 is 0 Å². The maximum Gasteiger partial charge on any atom is 0.472 e. The van der Waals surface area contributed by atoms with Crippen molar-refractivity contribution in [1.82, 2.24) is 0 Å². The van der Waals surface area contributed by atoms with Crippen LogP contribution < -0.4 is 0 Å². The highest BCUT2D eigenvalue weighted by molar-refractivity contribution is 7.47. The Morgan fingerprint density at radius 1 is 0.262 bits per heavy atom. The maximum absolute atomic E-state index is 13.1. The van der Waals surface area contributed by atoms with Crippen LogP contribution in [0.15, 0.2) is 0 Å². The van der Waals surface area contributed by atoms with Crippen molar-refractivity contribution >= 4 is 39.5 Å². The molecule has 0 aliphatic heterocycles. The average Bonchev–Trinajstić information content (AvgIpc) is 0.927. The van der Waals surface area contributed by atoms with E-state index in [0.29, 0.717) is 25.7 Å². The number of unbranched alkanes of at least 4 members (excludes halogenated alkanes) is 53. The van der Waals surface area contributed by atoms with E-state index in [1.165, 1.54) is 263 Å². The zero-order valence-corrected chi connectivity index (χ0v) is 69.4. The molecular formula is C84H164O17P2. The lowest BCUT2D eigenvalue weighted by Crippen LogP contribution is -2.30. The standard InChI is InChI=1S/C84H164O17P2/c1-7-9-11-13-15-17-19-21-23-25-27-28-29-31-33-35-37-39-41-50-56-62-68-83(88)100-79(72-94-81(86)66-60-54-48-40-38-36-34-32-30-26-24-22-20-18-16-14-12-10-8-2)74-98-102(90,91)96-70-78(85)71-97-103(92,93)99-75-80(101-84(89)69-63-57-51-45-43-47-53-59-65-77(5)6)73-95-82(87)67-61-55-49-44-42-46-52-58-64-76(3)4/h76-80,85H,7-75H2,1-6H3,(H,90,91)(H,92,93)/t78-,79-,80-/m1/s1. The Morgan fingerprint density at radius 2 is 0.447 bits per heavy atom. The van der Waals surface area contributed by atoms with Crippen LogP contribution in [0.3, 0.4) is 0 Å². The second kappa shape index (κ2) is 75.5. The van der Waals surface area contributed by atoms with Gasteiger partial charge in [0.1, 0.15) is 19.3 Å². The van der Waals surface area contributed by atoms with Crippen LogP contribution in [0.2, 0.25) is 0 Å². The van der Waals surface area contributed by atoms with Gasteiger partial charge in [0.25, 0.3) is 0 Å². The Hall–Kier alpha value is -1.94. The van der Waals surface area contributed by atoms with Crippen molar-refractivity contribution in [3.63, 3.8) is 0 Å². The van der Waals surface area contributed by atoms with Gasteiger partial charge < -0.3 is 33.8 Å². The predicted molar refractivity (Wildman–Crippen MR) is 423 cm³/mol. The molecule has 0 amide bonds. The molecule has 0 aromatic rings. The Morgan fingerprint density at radius 3 is 0.660 bits per heavy atom. The second-order valence-corrected chi connectivity index (χ2v) is 34.1. The molecule has 0 rings (SSSR count). The van der Waals surface area contributed by atoms with E-state index in [2.05, 4.69) is 41.5 Å². The van der Waals surface area contributed by atoms with Gasteiger partial charge in [-0.2, -0.15) is 0 Å². The number of rotatable bonds is 83. The van der Waals surface area contributed by atoms with Gasteiger partial charge in [0, 0.05) is 25.7 Å². The summed E-state index contributed by atoms with van der Waals surface area (Å²) in [6.45, 7) is 9.57. The van der Waals surface area contributed by atoms with Crippen molar-refractivity contribution in [2.24, 2.45) is 11.8 Å². The summed E-state index contributed by atoms with van der Waals surface area (Å²) in [4.78, 5) is 73.1. The van der Waals surface area contributed by atoms with Gasteiger partial charge in [-0.3, -0.25) is 37.3 Å². The summed E-state index contributed by atoms with van der Waals surface area (Å²) in [5, 5.41) is 10.7. The molecule has 0 aromatic heterocycles. The first-order valence-electron chi connectivity index (χ1n) is 43.5. The highest BCUT2D eigenvalue weighted by atomic mass is 31.2. The molecule has 3 N–H and O–H groups in total. The molecule has 0 heterocycles. The minimum absolute atomic E-state index is 0.104. The molecule has 0 bridgehead atoms. The fourth-order valence-corrected chi connectivity index (χ4v) is 14.6. The first kappa shape index (κ1) is 101. The largest absolute Gasteiger partial charge is 0.472 e. The molecular weight excluding hydrogens is 1340 g/mol. The minimum Gasteiger partial charge on any atom is -0.462 e. The Labute approximate surface area is 632 Å². The van der Waals surface area contributed by atoms with Crippen LogP contribution >= 0.6 is 15.6 Å². The monoisotopic (exact) mass is 1510 g/mol. The molecule has 5 atom stereocenters. The molecule has 19 heteroatoms. The Balaban J connectivity index is 5.20. The summed E-state index contributed by atoms with van der Waals surface area (Å²) in [5.41, 5.74) is 0. The van der Waals surface area contributed by atoms with E-state index in [1.807, 2.05) is 0 Å². The number of ether oxygens (including phenoxy) is 4. The van der Waals surface area contributed by atoms with Crippen LogP contribution in [0.1, 0.15) is 446 Å². The zero-order chi connectivity index (χ0) is 75.6. The molecule has 17 nitrogen and oxygen atoms in total. The normalized spacial score (nSPS) is 13.9. The molecule has 0 aliphatic carbocycles. The zero-order valence-electron chi connectivity index (χ0n) is 67.6. The summed E-state index contributed by atoms with van der Waals surface area (Å²) >= 11 is 0. The molecule has 0 saturated heterocycles. The Kier molecular flexibility index (Phi) is 74.1. The van der Waals surface area contributed by atoms with Gasteiger partial charge in [-0.15, -0.1) is 0 Å². The lowest BCUT2D eigenvalue weighted by atomic mass is 10.0. The van der Waals surface area contributed by atoms with E-state index in [0.717, 1.165) is 102 Å². The van der Waals surface area contributed by atoms with Crippen molar-refractivity contribution in [3.05, 3.63) is 0 Å². The Bertz CT molecular complexity index is 1980. The summed E-state index contributed by atoms with van der Waals surface area (Å²) in [5.74, 6) is -0.665. The second-order valence-electron chi connectivity index (χ2n) is 31.2. The molecule has 103 heavy (non-hydrogen) atoms. The number of hydrogen-bond donors (Lipinski definition) is 3. The van der Waals surface area contributed by atoms with Crippen LogP contribution in [0, 0.1) is 11.8 Å². The van der Waals surface area contributed by atoms with Gasteiger partial charge in [-0.1, -0.05) is 395 Å². The number of aliphatic hydroxyl groups excluding tert-OH is 1. The molecule has 0 spiro atoms. The fraction of sp³-hybridized carbons (Fsp3) is 0.952. The van der Waals surface area contributed by atoms with Crippen molar-refractivity contribution in [2.45, 2.75) is 464 Å². The van der Waals surface area contributed by atoms with Crippen LogP contribution in [-0.2, 0) is 65.4 Å². The topological polar surface area (TPSA) is 237 Å². The lowest BCUT2D eigenvalue weighted by Gasteiger charge is -2.21. The number of carbonyl (C=O) groups is 4. The van der Waals surface area contributed by atoms with Gasteiger partial charge in [0.2, 0.25) is 0 Å². The highest BCUT2D eigenvalue weighted by Crippen LogP contribution is 2.45. The summed E-state index contributed by atoms with van der Waals surface area (Å²) in [6, 6.07) is 0. The van der Waals surface area contributed by atoms with E-state index < -0.39 is 97.5 Å². The van der Waals surface area contributed by atoms with E-state index in [9.17, 15) is 43.2 Å². The van der Waals surface area contributed by atoms with Crippen LogP contribution in [0.5, 0.6) is 0 Å². The van der Waals surface area contributed by atoms with Crippen molar-refractivity contribution in [1.29, 1.82) is 0 Å². The number of hydrogen-bond acceptors (Lipinski definition) is 15. The van der Waals surface area contributed by atoms with Crippen LogP contribution in [0.4, 0.5) is 0 Å². The first-order valence-corrected chi connectivity index (χ1v) is 46.5. The van der Waals surface area contributed by atoms with E-state index in [1.54, 1.807) is 0 Å². The lowest BCUT2D eigenvalue weighted by molar-refractivity contribution is -0.161. The molecule has 0 fully saturated rings. The van der Waals surface area contributed by atoms with Gasteiger partial charge in [-0.05, 0) is 37.5 Å². The molecule has 612 valence electrons. The molecule has 0 aromatic carbocycles. The van der Waals surface area contributed by atoms with E-state index in [4.69, 9.17) is 37.0 Å². The van der Waals surface area contributed by atoms with Crippen LogP contribution in [-0.4, -0.2) is 96.7 Å². The van der Waals surface area contributed by atoms with Gasteiger partial charge in [0.15, 0.2) is 12.2 Å². The van der Waals surface area contributed by atoms with Crippen molar-refractivity contribution in [2.75, 3.05) is 39.6 Å². The van der Waals surface area contributed by atoms with Gasteiger partial charge in [-0.25, -0.2) is 9.13 Å². The molecule has 2 unspecified atom stereocenters. The fourth-order valence-electron chi connectivity index (χ4n) is 13.1. The number of aliphatic hydroxyl groups is 1. The molecule has 0 aliphatic rings. The quantitative estimate of drug-likeness (QED) is 0.0222. The third kappa shape index (κ3) is 78.0. The predicted octanol–water partition coefficient (Wildman–Crippen LogP) is 25.5. The smallest absolute Gasteiger partial charge is 0.462 e. The minimum atomic E-state index is -4.96. The van der Waals surface area contributed by atoms with Gasteiger partial charge in [0.05, 0.1) is 26.4 Å². The SMILES string of the molecule is CCCCCCCCCCCCCCCCCCCCCCCCC(=O)O[C@H](COC(=O)CCCCCCCCCCCCCCCCCCCCC)COP(=O)(O)OC[C@@H](O)COP(=O)(O)OC[C@@H](COC(=O)CCCCCCCCCCC(C)C)OC(=O)CCCCCCCCCCC(C)C. The van der Waals surface area contributed by atoms with Crippen molar-refractivity contribution < 1.29 is 80.2 Å². The third-order valence-electron chi connectivity index (χ3n) is 19.7. The summed E-state index contributed by atoms with van der Waals surface area (Å²) in [7, 11) is -9.92. The van der Waals surface area contributed by atoms with E-state index in [-0.39, 0.29) is 25.7 Å². The number of esters is 4. The van der Waals surface area contributed by atoms with Crippen molar-refractivity contribution in [3.8, 4) is 0 Å². The highest BCUT2D eigenvalue weighted by Gasteiger charge is 2.30. The number of phosphoric ester groups is 2. The first-order chi connectivity index (χ1) is 49.9. The summed E-state index contributed by atoms with van der Waals surface area (Å²) < 4.78 is 68.8. The molecule has 0 saturated carbocycles. The van der Waals surface area contributed by atoms with Gasteiger partial charge >= 0.3 is 39.5 Å². The van der Waals surface area contributed by atoms with Crippen LogP contribution in [0.25, 0.3) is 0 Å². The number of phosphoric acid groups is 2.